The smallest absolute Gasteiger partial charge is 0.183 e. The van der Waals surface area contributed by atoms with Crippen LogP contribution in [0.25, 0.3) is 0 Å². The third-order valence-electron chi connectivity index (χ3n) is 3.20. The molecule has 0 aromatic heterocycles. The van der Waals surface area contributed by atoms with E-state index in [-0.39, 0.29) is 5.78 Å². The molecule has 0 atom stereocenters. The molecule has 1 aliphatic heterocycles. The highest BCUT2D eigenvalue weighted by molar-refractivity contribution is 5.99. The van der Waals surface area contributed by atoms with E-state index in [2.05, 4.69) is 5.53 Å². The van der Waals surface area contributed by atoms with E-state index < -0.39 is 0 Å². The summed E-state index contributed by atoms with van der Waals surface area (Å²) in [6.45, 7) is 0.311. The van der Waals surface area contributed by atoms with E-state index in [0.717, 1.165) is 16.9 Å². The van der Waals surface area contributed by atoms with Gasteiger partial charge in [0.25, 0.3) is 0 Å². The Balaban J connectivity index is 1.81. The Bertz CT molecular complexity index is 597. The molecule has 0 radical (unpaired) electrons. The van der Waals surface area contributed by atoms with Crippen molar-refractivity contribution in [2.75, 3.05) is 23.6 Å². The fourth-order valence-electron chi connectivity index (χ4n) is 2.24. The van der Waals surface area contributed by atoms with Crippen LogP contribution in [0.15, 0.2) is 54.6 Å². The number of Topliss-reactive ketones (excluding diaryl/α,β-unsaturated/α-hetero) is 1. The summed E-state index contributed by atoms with van der Waals surface area (Å²) in [4.78, 5) is 12.2. The van der Waals surface area contributed by atoms with Crippen LogP contribution in [0.4, 0.5) is 11.4 Å². The van der Waals surface area contributed by atoms with Gasteiger partial charge in [0, 0.05) is 12.6 Å². The lowest BCUT2D eigenvalue weighted by molar-refractivity contribution is 0.0997. The molecule has 1 N–H and O–H groups in total. The number of rotatable bonds is 3. The van der Waals surface area contributed by atoms with Gasteiger partial charge < -0.3 is 0 Å². The van der Waals surface area contributed by atoms with Gasteiger partial charge in [0.15, 0.2) is 5.78 Å². The second kappa shape index (κ2) is 4.74. The van der Waals surface area contributed by atoms with Crippen LogP contribution >= 0.6 is 0 Å². The number of hydrazine groups is 2. The van der Waals surface area contributed by atoms with Crippen molar-refractivity contribution in [1.82, 2.24) is 5.53 Å². The molecular weight excluding hydrogens is 238 g/mol. The van der Waals surface area contributed by atoms with E-state index in [1.807, 2.05) is 71.7 Å². The standard InChI is InChI=1S/C15H15N3O/c1-17-13-9-5-6-10-14(13)18(16-17)11-15(19)12-7-3-2-4-8-12/h2-10,16H,11H2,1H3. The molecule has 0 fully saturated rings. The predicted molar refractivity (Wildman–Crippen MR) is 76.1 cm³/mol. The zero-order chi connectivity index (χ0) is 13.2. The molecule has 0 bridgehead atoms. The first kappa shape index (κ1) is 11.7. The zero-order valence-electron chi connectivity index (χ0n) is 10.7. The van der Waals surface area contributed by atoms with Gasteiger partial charge in [0.1, 0.15) is 0 Å². The second-order valence-electron chi connectivity index (χ2n) is 4.52. The summed E-state index contributed by atoms with van der Waals surface area (Å²) in [5.74, 6) is 0.0956. The quantitative estimate of drug-likeness (QED) is 0.851. The van der Waals surface area contributed by atoms with E-state index in [1.165, 1.54) is 0 Å². The van der Waals surface area contributed by atoms with E-state index in [1.54, 1.807) is 0 Å². The van der Waals surface area contributed by atoms with Gasteiger partial charge >= 0.3 is 0 Å². The monoisotopic (exact) mass is 253 g/mol. The molecule has 0 unspecified atom stereocenters. The number of hydrogen-bond acceptors (Lipinski definition) is 4. The van der Waals surface area contributed by atoms with Crippen molar-refractivity contribution < 1.29 is 4.79 Å². The van der Waals surface area contributed by atoms with Crippen molar-refractivity contribution in [3.8, 4) is 0 Å². The number of nitrogens with one attached hydrogen (secondary N) is 1. The average molecular weight is 253 g/mol. The molecule has 0 aliphatic carbocycles. The van der Waals surface area contributed by atoms with Crippen LogP contribution in [0, 0.1) is 0 Å². The van der Waals surface area contributed by atoms with Crippen molar-refractivity contribution in [3.63, 3.8) is 0 Å². The average Bonchev–Trinajstić information content (AvgIpc) is 2.77. The highest BCUT2D eigenvalue weighted by Crippen LogP contribution is 2.31. The van der Waals surface area contributed by atoms with Gasteiger partial charge in [-0.1, -0.05) is 42.5 Å². The minimum Gasteiger partial charge on any atom is -0.292 e. The van der Waals surface area contributed by atoms with Crippen LogP contribution in [0.5, 0.6) is 0 Å². The summed E-state index contributed by atoms with van der Waals surface area (Å²) >= 11 is 0. The number of para-hydroxylation sites is 2. The van der Waals surface area contributed by atoms with Crippen LogP contribution in [0.2, 0.25) is 0 Å². The summed E-state index contributed by atoms with van der Waals surface area (Å²) in [7, 11) is 1.94. The van der Waals surface area contributed by atoms with Crippen LogP contribution in [0.1, 0.15) is 10.4 Å². The van der Waals surface area contributed by atoms with Crippen LogP contribution in [0.3, 0.4) is 0 Å². The summed E-state index contributed by atoms with van der Waals surface area (Å²) in [6, 6.07) is 17.3. The Morgan fingerprint density at radius 1 is 1.00 bits per heavy atom. The minimum absolute atomic E-state index is 0.0956. The van der Waals surface area contributed by atoms with Gasteiger partial charge in [-0.25, -0.2) is 0 Å². The Labute approximate surface area is 112 Å². The molecule has 2 aromatic rings. The van der Waals surface area contributed by atoms with Gasteiger partial charge in [0.05, 0.1) is 17.9 Å². The van der Waals surface area contributed by atoms with Crippen molar-refractivity contribution in [2.45, 2.75) is 0 Å². The number of fused-ring (bicyclic) bond motifs is 1. The van der Waals surface area contributed by atoms with Gasteiger partial charge in [-0.05, 0) is 12.1 Å². The second-order valence-corrected chi connectivity index (χ2v) is 4.52. The molecule has 19 heavy (non-hydrogen) atoms. The van der Waals surface area contributed by atoms with Gasteiger partial charge in [-0.2, -0.15) is 0 Å². The fraction of sp³-hybridized carbons (Fsp3) is 0.133. The van der Waals surface area contributed by atoms with E-state index >= 15 is 0 Å². The summed E-state index contributed by atoms with van der Waals surface area (Å²) < 4.78 is 0. The normalized spacial score (nSPS) is 13.5. The lowest BCUT2D eigenvalue weighted by Gasteiger charge is -2.19. The van der Waals surface area contributed by atoms with Crippen molar-refractivity contribution >= 4 is 17.2 Å². The summed E-state index contributed by atoms with van der Waals surface area (Å²) in [6.07, 6.45) is 0. The van der Waals surface area contributed by atoms with Crippen LogP contribution in [-0.4, -0.2) is 19.4 Å². The number of carbonyl (C=O) groups excluding carboxylic acids is 1. The minimum atomic E-state index is 0.0956. The van der Waals surface area contributed by atoms with Crippen LogP contribution in [-0.2, 0) is 0 Å². The third kappa shape index (κ3) is 2.18. The fourth-order valence-corrected chi connectivity index (χ4v) is 2.24. The lowest BCUT2D eigenvalue weighted by atomic mass is 10.1. The van der Waals surface area contributed by atoms with Crippen molar-refractivity contribution in [2.24, 2.45) is 0 Å². The number of anilines is 2. The summed E-state index contributed by atoms with van der Waals surface area (Å²) in [5, 5.41) is 3.78. The number of carbonyl (C=O) groups is 1. The molecule has 1 aliphatic rings. The largest absolute Gasteiger partial charge is 0.292 e. The lowest BCUT2D eigenvalue weighted by Crippen LogP contribution is -2.44. The number of nitrogens with zero attached hydrogens (tertiary/aromatic N) is 2. The Morgan fingerprint density at radius 2 is 1.63 bits per heavy atom. The molecule has 3 rings (SSSR count). The molecule has 4 nitrogen and oxygen atoms in total. The topological polar surface area (TPSA) is 35.6 Å². The first-order valence-electron chi connectivity index (χ1n) is 6.20. The predicted octanol–water partition coefficient (Wildman–Crippen LogP) is 2.25. The van der Waals surface area contributed by atoms with E-state index in [9.17, 15) is 4.79 Å². The van der Waals surface area contributed by atoms with Crippen molar-refractivity contribution in [1.29, 1.82) is 0 Å². The van der Waals surface area contributed by atoms with Crippen LogP contribution < -0.4 is 15.6 Å². The highest BCUT2D eigenvalue weighted by Gasteiger charge is 2.24. The molecular formula is C15H15N3O. The number of ketones is 1. The maximum atomic E-state index is 12.2. The number of hydrogen-bond donors (Lipinski definition) is 1. The molecule has 0 saturated carbocycles. The van der Waals surface area contributed by atoms with E-state index in [0.29, 0.717) is 6.54 Å². The Kier molecular flexibility index (Phi) is 2.93. The maximum Gasteiger partial charge on any atom is 0.183 e. The van der Waals surface area contributed by atoms with Crippen molar-refractivity contribution in [3.05, 3.63) is 60.2 Å². The number of benzene rings is 2. The molecule has 1 heterocycles. The van der Waals surface area contributed by atoms with Gasteiger partial charge in [0.2, 0.25) is 0 Å². The molecule has 0 spiro atoms. The van der Waals surface area contributed by atoms with Gasteiger partial charge in [-0.15, -0.1) is 5.53 Å². The maximum absolute atomic E-state index is 12.2. The molecule has 4 heteroatoms. The highest BCUT2D eigenvalue weighted by atomic mass is 16.1. The first-order valence-corrected chi connectivity index (χ1v) is 6.20. The Hall–Kier alpha value is -2.33. The third-order valence-corrected chi connectivity index (χ3v) is 3.20. The Morgan fingerprint density at radius 3 is 2.37 bits per heavy atom. The van der Waals surface area contributed by atoms with Gasteiger partial charge in [-0.3, -0.25) is 14.8 Å². The molecule has 0 saturated heterocycles. The molecule has 0 amide bonds. The SMILES string of the molecule is CN1NN(CC(=O)c2ccccc2)c2ccccc21. The zero-order valence-corrected chi connectivity index (χ0v) is 10.7. The van der Waals surface area contributed by atoms with E-state index in [4.69, 9.17) is 0 Å². The molecule has 96 valence electrons. The first-order chi connectivity index (χ1) is 9.25. The summed E-state index contributed by atoms with van der Waals surface area (Å²) in [5.41, 5.74) is 5.99. The molecule has 2 aromatic carbocycles.